The summed E-state index contributed by atoms with van der Waals surface area (Å²) in [6.45, 7) is 4.50. The normalized spacial score (nSPS) is 18.8. The summed E-state index contributed by atoms with van der Waals surface area (Å²) in [6.07, 6.45) is 8.61. The van der Waals surface area contributed by atoms with Gasteiger partial charge < -0.3 is 4.90 Å². The van der Waals surface area contributed by atoms with Gasteiger partial charge in [0.15, 0.2) is 0 Å². The fourth-order valence-corrected chi connectivity index (χ4v) is 3.36. The lowest BCUT2D eigenvalue weighted by molar-refractivity contribution is 0.332. The molecule has 6 nitrogen and oxygen atoms in total. The molecule has 24 heavy (non-hydrogen) atoms. The Morgan fingerprint density at radius 1 is 1.08 bits per heavy atom. The average Bonchev–Trinajstić information content (AvgIpc) is 3.44. The Balaban J connectivity index is 1.36. The van der Waals surface area contributed by atoms with Gasteiger partial charge in [-0.15, -0.1) is 0 Å². The van der Waals surface area contributed by atoms with Crippen molar-refractivity contribution in [3.63, 3.8) is 0 Å². The molecule has 0 radical (unpaired) electrons. The fourth-order valence-electron chi connectivity index (χ4n) is 3.36. The molecule has 0 amide bonds. The van der Waals surface area contributed by atoms with Crippen LogP contribution in [0.4, 0.5) is 5.95 Å². The van der Waals surface area contributed by atoms with Crippen molar-refractivity contribution in [2.45, 2.75) is 45.1 Å². The predicted octanol–water partition coefficient (Wildman–Crippen LogP) is 2.14. The zero-order chi connectivity index (χ0) is 16.5. The summed E-state index contributed by atoms with van der Waals surface area (Å²) >= 11 is 0. The van der Waals surface area contributed by atoms with Crippen molar-refractivity contribution in [2.24, 2.45) is 5.92 Å². The average molecular weight is 325 g/mol. The first-order chi connectivity index (χ1) is 11.7. The number of aromatic nitrogens is 4. The SMILES string of the molecule is Cc1ccc(=O)n(CC2CCN(c3ncc(C4CC4)cn3)CC2)n1. The molecule has 0 aromatic carbocycles. The van der Waals surface area contributed by atoms with Gasteiger partial charge in [0.1, 0.15) is 0 Å². The van der Waals surface area contributed by atoms with Crippen LogP contribution in [0.1, 0.15) is 42.9 Å². The van der Waals surface area contributed by atoms with Crippen LogP contribution in [0.5, 0.6) is 0 Å². The number of hydrogen-bond donors (Lipinski definition) is 0. The summed E-state index contributed by atoms with van der Waals surface area (Å²) in [7, 11) is 0. The molecule has 2 fully saturated rings. The van der Waals surface area contributed by atoms with Crippen LogP contribution in [-0.2, 0) is 6.54 Å². The van der Waals surface area contributed by atoms with Crippen molar-refractivity contribution in [1.29, 1.82) is 0 Å². The highest BCUT2D eigenvalue weighted by molar-refractivity contribution is 5.32. The zero-order valence-electron chi connectivity index (χ0n) is 14.1. The van der Waals surface area contributed by atoms with Crippen molar-refractivity contribution in [3.8, 4) is 0 Å². The largest absolute Gasteiger partial charge is 0.341 e. The quantitative estimate of drug-likeness (QED) is 0.862. The topological polar surface area (TPSA) is 63.9 Å². The standard InChI is InChI=1S/C18H23N5O/c1-13-2-5-17(24)23(21-13)12-14-6-8-22(9-7-14)18-19-10-16(11-20-18)15-3-4-15/h2,5,10-11,14-15H,3-4,6-9,12H2,1H3. The maximum absolute atomic E-state index is 11.9. The third-order valence-corrected chi connectivity index (χ3v) is 5.04. The van der Waals surface area contributed by atoms with Gasteiger partial charge in [0.2, 0.25) is 5.95 Å². The minimum Gasteiger partial charge on any atom is -0.341 e. The minimum atomic E-state index is -0.0120. The molecule has 4 rings (SSSR count). The smallest absolute Gasteiger partial charge is 0.266 e. The van der Waals surface area contributed by atoms with Gasteiger partial charge in [-0.2, -0.15) is 5.10 Å². The van der Waals surface area contributed by atoms with Gasteiger partial charge in [-0.05, 0) is 56.1 Å². The number of rotatable bonds is 4. The van der Waals surface area contributed by atoms with Crippen LogP contribution in [0.15, 0.2) is 29.3 Å². The Kier molecular flexibility index (Phi) is 4.04. The van der Waals surface area contributed by atoms with Gasteiger partial charge >= 0.3 is 0 Å². The molecule has 126 valence electrons. The molecule has 0 bridgehead atoms. The molecule has 0 N–H and O–H groups in total. The highest BCUT2D eigenvalue weighted by Gasteiger charge is 2.25. The van der Waals surface area contributed by atoms with Crippen molar-refractivity contribution in [1.82, 2.24) is 19.7 Å². The van der Waals surface area contributed by atoms with Crippen LogP contribution < -0.4 is 10.5 Å². The molecular weight excluding hydrogens is 302 g/mol. The molecule has 3 heterocycles. The van der Waals surface area contributed by atoms with E-state index in [1.807, 2.05) is 19.3 Å². The molecule has 1 saturated heterocycles. The third kappa shape index (κ3) is 3.32. The molecule has 2 aliphatic rings. The Morgan fingerprint density at radius 3 is 2.46 bits per heavy atom. The van der Waals surface area contributed by atoms with E-state index < -0.39 is 0 Å². The Labute approximate surface area is 141 Å². The van der Waals surface area contributed by atoms with Gasteiger partial charge in [-0.3, -0.25) is 4.79 Å². The molecule has 2 aromatic rings. The molecule has 0 spiro atoms. The first-order valence-corrected chi connectivity index (χ1v) is 8.81. The number of anilines is 1. The summed E-state index contributed by atoms with van der Waals surface area (Å²) in [5.41, 5.74) is 2.15. The van der Waals surface area contributed by atoms with Gasteiger partial charge in [0, 0.05) is 38.1 Å². The highest BCUT2D eigenvalue weighted by Crippen LogP contribution is 2.39. The molecule has 1 aliphatic carbocycles. The molecule has 1 aliphatic heterocycles. The van der Waals surface area contributed by atoms with Crippen LogP contribution >= 0.6 is 0 Å². The van der Waals surface area contributed by atoms with Crippen molar-refractivity contribution in [2.75, 3.05) is 18.0 Å². The molecule has 1 saturated carbocycles. The Bertz CT molecular complexity index is 758. The van der Waals surface area contributed by atoms with E-state index in [9.17, 15) is 4.79 Å². The van der Waals surface area contributed by atoms with Crippen LogP contribution in [0, 0.1) is 12.8 Å². The first kappa shape index (κ1) is 15.3. The zero-order valence-corrected chi connectivity index (χ0v) is 14.1. The van der Waals surface area contributed by atoms with E-state index in [0.29, 0.717) is 18.4 Å². The van der Waals surface area contributed by atoms with Crippen molar-refractivity contribution >= 4 is 5.95 Å². The predicted molar refractivity (Wildman–Crippen MR) is 92.2 cm³/mol. The molecule has 0 unspecified atom stereocenters. The molecule has 0 atom stereocenters. The lowest BCUT2D eigenvalue weighted by atomic mass is 9.97. The van der Waals surface area contributed by atoms with Crippen LogP contribution in [0.3, 0.4) is 0 Å². The van der Waals surface area contributed by atoms with E-state index in [1.54, 1.807) is 16.8 Å². The lowest BCUT2D eigenvalue weighted by Crippen LogP contribution is -2.37. The summed E-state index contributed by atoms with van der Waals surface area (Å²) in [6, 6.07) is 3.37. The summed E-state index contributed by atoms with van der Waals surface area (Å²) < 4.78 is 1.61. The van der Waals surface area contributed by atoms with Crippen LogP contribution in [0.2, 0.25) is 0 Å². The van der Waals surface area contributed by atoms with E-state index in [-0.39, 0.29) is 5.56 Å². The molecule has 6 heteroatoms. The first-order valence-electron chi connectivity index (χ1n) is 8.81. The number of hydrogen-bond acceptors (Lipinski definition) is 5. The van der Waals surface area contributed by atoms with Gasteiger partial charge in [-0.25, -0.2) is 14.6 Å². The highest BCUT2D eigenvalue weighted by atomic mass is 16.1. The summed E-state index contributed by atoms with van der Waals surface area (Å²) in [5.74, 6) is 2.02. The van der Waals surface area contributed by atoms with Crippen molar-refractivity contribution < 1.29 is 0 Å². The second-order valence-electron chi connectivity index (χ2n) is 7.02. The summed E-state index contributed by atoms with van der Waals surface area (Å²) in [5, 5.41) is 4.34. The Hall–Kier alpha value is -2.24. The number of piperidine rings is 1. The van der Waals surface area contributed by atoms with E-state index >= 15 is 0 Å². The second kappa shape index (κ2) is 6.34. The van der Waals surface area contributed by atoms with Gasteiger partial charge in [-0.1, -0.05) is 0 Å². The second-order valence-corrected chi connectivity index (χ2v) is 7.02. The fraction of sp³-hybridized carbons (Fsp3) is 0.556. The van der Waals surface area contributed by atoms with Crippen LogP contribution in [0.25, 0.3) is 0 Å². The Morgan fingerprint density at radius 2 is 1.79 bits per heavy atom. The summed E-state index contributed by atoms with van der Waals surface area (Å²) in [4.78, 5) is 23.2. The maximum atomic E-state index is 11.9. The monoisotopic (exact) mass is 325 g/mol. The van der Waals surface area contributed by atoms with E-state index in [2.05, 4.69) is 20.0 Å². The van der Waals surface area contributed by atoms with Crippen LogP contribution in [-0.4, -0.2) is 32.8 Å². The van der Waals surface area contributed by atoms with E-state index in [4.69, 9.17) is 0 Å². The third-order valence-electron chi connectivity index (χ3n) is 5.04. The van der Waals surface area contributed by atoms with Gasteiger partial charge in [0.25, 0.3) is 5.56 Å². The lowest BCUT2D eigenvalue weighted by Gasteiger charge is -2.32. The molecular formula is C18H23N5O. The van der Waals surface area contributed by atoms with E-state index in [0.717, 1.165) is 37.6 Å². The van der Waals surface area contributed by atoms with Crippen molar-refractivity contribution in [3.05, 3.63) is 46.1 Å². The van der Waals surface area contributed by atoms with Gasteiger partial charge in [0.05, 0.1) is 5.69 Å². The maximum Gasteiger partial charge on any atom is 0.266 e. The minimum absolute atomic E-state index is 0.0120. The van der Waals surface area contributed by atoms with E-state index in [1.165, 1.54) is 18.4 Å². The number of aryl methyl sites for hydroxylation is 1. The molecule has 2 aromatic heterocycles. The number of nitrogens with zero attached hydrogens (tertiary/aromatic N) is 5.